The summed E-state index contributed by atoms with van der Waals surface area (Å²) in [4.78, 5) is 19.6. The van der Waals surface area contributed by atoms with Gasteiger partial charge in [-0.15, -0.1) is 0 Å². The predicted octanol–water partition coefficient (Wildman–Crippen LogP) is 5.70. The first kappa shape index (κ1) is 15.0. The van der Waals surface area contributed by atoms with Crippen LogP contribution in [-0.4, -0.2) is 11.6 Å². The molecule has 2 heterocycles. The zero-order valence-electron chi connectivity index (χ0n) is 13.8. The lowest BCUT2D eigenvalue weighted by Gasteiger charge is -2.14. The Hall–Kier alpha value is -3.24. The zero-order chi connectivity index (χ0) is 17.5. The Morgan fingerprint density at radius 3 is 2.50 bits per heavy atom. The molecule has 3 nitrogen and oxygen atoms in total. The van der Waals surface area contributed by atoms with E-state index in [4.69, 9.17) is 4.99 Å². The summed E-state index contributed by atoms with van der Waals surface area (Å²) < 4.78 is 0. The van der Waals surface area contributed by atoms with Crippen molar-refractivity contribution in [2.75, 3.05) is 4.90 Å². The lowest BCUT2D eigenvalue weighted by Crippen LogP contribution is -2.24. The first-order chi connectivity index (χ1) is 12.8. The second kappa shape index (κ2) is 5.93. The first-order valence-electron chi connectivity index (χ1n) is 8.35. The highest BCUT2D eigenvalue weighted by Crippen LogP contribution is 2.37. The van der Waals surface area contributed by atoms with Crippen LogP contribution in [0.2, 0.25) is 0 Å². The van der Waals surface area contributed by atoms with Crippen LogP contribution in [-0.2, 0) is 4.79 Å². The SMILES string of the molecule is O=C1/C(=N\c2ccc3ccccc3c2)c2ccccc2N1c1ccsc1. The second-order valence-electron chi connectivity index (χ2n) is 6.13. The summed E-state index contributed by atoms with van der Waals surface area (Å²) in [7, 11) is 0. The number of nitrogens with zero attached hydrogens (tertiary/aromatic N) is 2. The monoisotopic (exact) mass is 354 g/mol. The van der Waals surface area contributed by atoms with E-state index in [9.17, 15) is 4.79 Å². The van der Waals surface area contributed by atoms with Gasteiger partial charge in [0.1, 0.15) is 5.71 Å². The van der Waals surface area contributed by atoms with Crippen molar-refractivity contribution in [1.82, 2.24) is 0 Å². The molecule has 4 heteroatoms. The molecule has 0 radical (unpaired) electrons. The van der Waals surface area contributed by atoms with Crippen LogP contribution in [0.4, 0.5) is 17.1 Å². The van der Waals surface area contributed by atoms with Crippen molar-refractivity contribution in [3.05, 3.63) is 89.1 Å². The van der Waals surface area contributed by atoms with Crippen LogP contribution in [0.5, 0.6) is 0 Å². The van der Waals surface area contributed by atoms with Crippen molar-refractivity contribution in [1.29, 1.82) is 0 Å². The molecule has 1 amide bonds. The summed E-state index contributed by atoms with van der Waals surface area (Å²) >= 11 is 1.58. The quantitative estimate of drug-likeness (QED) is 0.454. The molecule has 0 N–H and O–H groups in total. The molecule has 0 saturated heterocycles. The van der Waals surface area contributed by atoms with Crippen LogP contribution < -0.4 is 4.90 Å². The summed E-state index contributed by atoms with van der Waals surface area (Å²) in [6.07, 6.45) is 0. The van der Waals surface area contributed by atoms with Crippen LogP contribution in [0.1, 0.15) is 5.56 Å². The number of hydrogen-bond acceptors (Lipinski definition) is 3. The maximum Gasteiger partial charge on any atom is 0.282 e. The number of carbonyl (C=O) groups excluding carboxylic acids is 1. The van der Waals surface area contributed by atoms with Gasteiger partial charge in [0.25, 0.3) is 5.91 Å². The van der Waals surface area contributed by atoms with Crippen molar-refractivity contribution in [3.63, 3.8) is 0 Å². The minimum atomic E-state index is -0.0854. The summed E-state index contributed by atoms with van der Waals surface area (Å²) in [6, 6.07) is 23.9. The van der Waals surface area contributed by atoms with E-state index in [0.717, 1.165) is 33.4 Å². The highest BCUT2D eigenvalue weighted by atomic mass is 32.1. The molecule has 4 aromatic rings. The molecule has 1 aliphatic heterocycles. The highest BCUT2D eigenvalue weighted by Gasteiger charge is 2.34. The Kier molecular flexibility index (Phi) is 3.43. The fourth-order valence-corrected chi connectivity index (χ4v) is 3.94. The van der Waals surface area contributed by atoms with Gasteiger partial charge in [-0.25, -0.2) is 4.99 Å². The third kappa shape index (κ3) is 2.35. The second-order valence-corrected chi connectivity index (χ2v) is 6.91. The van der Waals surface area contributed by atoms with Crippen LogP contribution >= 0.6 is 11.3 Å². The van der Waals surface area contributed by atoms with Gasteiger partial charge < -0.3 is 0 Å². The fraction of sp³-hybridized carbons (Fsp3) is 0. The summed E-state index contributed by atoms with van der Waals surface area (Å²) in [5.74, 6) is -0.0854. The normalized spacial score (nSPS) is 15.0. The Bertz CT molecular complexity index is 1160. The summed E-state index contributed by atoms with van der Waals surface area (Å²) in [5, 5.41) is 6.23. The number of para-hydroxylation sites is 1. The minimum absolute atomic E-state index is 0.0854. The van der Waals surface area contributed by atoms with E-state index in [2.05, 4.69) is 12.1 Å². The molecule has 5 rings (SSSR count). The largest absolute Gasteiger partial charge is 0.282 e. The molecule has 3 aromatic carbocycles. The molecule has 0 unspecified atom stereocenters. The maximum atomic E-state index is 13.1. The van der Waals surface area contributed by atoms with E-state index in [1.165, 1.54) is 0 Å². The molecule has 26 heavy (non-hydrogen) atoms. The number of rotatable bonds is 2. The van der Waals surface area contributed by atoms with Crippen molar-refractivity contribution in [3.8, 4) is 0 Å². The van der Waals surface area contributed by atoms with E-state index in [1.807, 2.05) is 71.4 Å². The van der Waals surface area contributed by atoms with Gasteiger partial charge in [-0.2, -0.15) is 11.3 Å². The van der Waals surface area contributed by atoms with Crippen molar-refractivity contribution in [2.24, 2.45) is 4.99 Å². The van der Waals surface area contributed by atoms with Crippen molar-refractivity contribution >= 4 is 50.8 Å². The standard InChI is InChI=1S/C22H14N2OS/c25-22-21(23-17-10-9-15-5-1-2-6-16(15)13-17)19-7-3-4-8-20(19)24(22)18-11-12-26-14-18/h1-14H/b23-21-. The van der Waals surface area contributed by atoms with Crippen LogP contribution in [0.15, 0.2) is 88.5 Å². The lowest BCUT2D eigenvalue weighted by molar-refractivity contribution is -0.111. The predicted molar refractivity (Wildman–Crippen MR) is 108 cm³/mol. The van der Waals surface area contributed by atoms with Gasteiger partial charge in [0.2, 0.25) is 0 Å². The van der Waals surface area contributed by atoms with Gasteiger partial charge in [0, 0.05) is 10.9 Å². The number of benzene rings is 3. The average Bonchev–Trinajstić information content (AvgIpc) is 3.29. The molecule has 0 saturated carbocycles. The molecule has 0 fully saturated rings. The number of carbonyl (C=O) groups is 1. The van der Waals surface area contributed by atoms with Crippen molar-refractivity contribution < 1.29 is 4.79 Å². The number of aliphatic imine (C=N–C) groups is 1. The first-order valence-corrected chi connectivity index (χ1v) is 9.29. The van der Waals surface area contributed by atoms with Crippen LogP contribution in [0.3, 0.4) is 0 Å². The topological polar surface area (TPSA) is 32.7 Å². The van der Waals surface area contributed by atoms with Gasteiger partial charge in [-0.3, -0.25) is 9.69 Å². The lowest BCUT2D eigenvalue weighted by atomic mass is 10.1. The number of thiophene rings is 1. The van der Waals surface area contributed by atoms with E-state index >= 15 is 0 Å². The minimum Gasteiger partial charge on any atom is -0.274 e. The van der Waals surface area contributed by atoms with Crippen molar-refractivity contribution in [2.45, 2.75) is 0 Å². The average molecular weight is 354 g/mol. The van der Waals surface area contributed by atoms with Gasteiger partial charge in [-0.1, -0.05) is 48.5 Å². The number of hydrogen-bond donors (Lipinski definition) is 0. The third-order valence-corrected chi connectivity index (χ3v) is 5.21. The Morgan fingerprint density at radius 1 is 0.846 bits per heavy atom. The van der Waals surface area contributed by atoms with Gasteiger partial charge in [-0.05, 0) is 40.4 Å². The Labute approximate surface area is 154 Å². The number of amides is 1. The Balaban J connectivity index is 1.66. The van der Waals surface area contributed by atoms with E-state index < -0.39 is 0 Å². The maximum absolute atomic E-state index is 13.1. The van der Waals surface area contributed by atoms with E-state index in [-0.39, 0.29) is 5.91 Å². The molecule has 0 spiro atoms. The van der Waals surface area contributed by atoms with E-state index in [0.29, 0.717) is 5.71 Å². The molecule has 0 bridgehead atoms. The molecule has 1 aliphatic rings. The molecular weight excluding hydrogens is 340 g/mol. The highest BCUT2D eigenvalue weighted by molar-refractivity contribution is 7.08. The number of anilines is 2. The smallest absolute Gasteiger partial charge is 0.274 e. The molecular formula is C22H14N2OS. The fourth-order valence-electron chi connectivity index (χ4n) is 3.32. The third-order valence-electron chi connectivity index (χ3n) is 4.54. The van der Waals surface area contributed by atoms with Crippen LogP contribution in [0.25, 0.3) is 10.8 Å². The molecule has 124 valence electrons. The van der Waals surface area contributed by atoms with Crippen LogP contribution in [0, 0.1) is 0 Å². The van der Waals surface area contributed by atoms with E-state index in [1.54, 1.807) is 16.2 Å². The molecule has 1 aromatic heterocycles. The van der Waals surface area contributed by atoms with Gasteiger partial charge in [0.15, 0.2) is 0 Å². The summed E-state index contributed by atoms with van der Waals surface area (Å²) in [5.41, 5.74) is 3.92. The summed E-state index contributed by atoms with van der Waals surface area (Å²) in [6.45, 7) is 0. The van der Waals surface area contributed by atoms with Gasteiger partial charge >= 0.3 is 0 Å². The molecule has 0 atom stereocenters. The van der Waals surface area contributed by atoms with Gasteiger partial charge in [0.05, 0.1) is 17.1 Å². The number of fused-ring (bicyclic) bond motifs is 2. The Morgan fingerprint density at radius 2 is 1.65 bits per heavy atom. The zero-order valence-corrected chi connectivity index (χ0v) is 14.6. The molecule has 0 aliphatic carbocycles.